The Balaban J connectivity index is 1.85. The monoisotopic (exact) mass is 329 g/mol. The van der Waals surface area contributed by atoms with E-state index in [2.05, 4.69) is 17.2 Å². The van der Waals surface area contributed by atoms with Gasteiger partial charge in [-0.1, -0.05) is 53.2 Å². The van der Waals surface area contributed by atoms with E-state index in [0.717, 1.165) is 11.1 Å². The molecule has 2 nitrogen and oxygen atoms in total. The number of nitrogens with one attached hydrogen (secondary N) is 1. The Hall–Kier alpha value is -2.21. The topological polar surface area (TPSA) is 29.1 Å². The predicted molar refractivity (Wildman–Crippen MR) is 91.8 cm³/mol. The molecule has 0 aliphatic carbocycles. The average Bonchev–Trinajstić information content (AvgIpc) is 2.50. The highest BCUT2D eigenvalue weighted by Crippen LogP contribution is 2.19. The third kappa shape index (κ3) is 5.65. The van der Waals surface area contributed by atoms with Gasteiger partial charge in [0.15, 0.2) is 0 Å². The molecule has 4 heteroatoms. The maximum Gasteiger partial charge on any atom is 0.244 e. The quantitative estimate of drug-likeness (QED) is 0.664. The maximum atomic E-state index is 11.7. The Morgan fingerprint density at radius 1 is 1.09 bits per heavy atom. The van der Waals surface area contributed by atoms with Crippen LogP contribution in [-0.2, 0) is 4.79 Å². The third-order valence-corrected chi connectivity index (χ3v) is 3.11. The van der Waals surface area contributed by atoms with Gasteiger partial charge in [0.2, 0.25) is 5.91 Å². The Morgan fingerprint density at radius 2 is 1.77 bits per heavy atom. The molecule has 0 saturated heterocycles. The van der Waals surface area contributed by atoms with Crippen LogP contribution in [0.1, 0.15) is 11.1 Å². The average molecular weight is 330 g/mol. The normalized spacial score (nSPS) is 10.1. The van der Waals surface area contributed by atoms with E-state index in [-0.39, 0.29) is 12.5 Å². The van der Waals surface area contributed by atoms with Gasteiger partial charge in [-0.25, -0.2) is 0 Å². The van der Waals surface area contributed by atoms with Crippen molar-refractivity contribution in [1.82, 2.24) is 5.32 Å². The first-order valence-electron chi connectivity index (χ1n) is 6.59. The summed E-state index contributed by atoms with van der Waals surface area (Å²) in [4.78, 5) is 11.7. The van der Waals surface area contributed by atoms with Gasteiger partial charge in [-0.2, -0.15) is 0 Å². The van der Waals surface area contributed by atoms with Crippen LogP contribution >= 0.6 is 23.2 Å². The van der Waals surface area contributed by atoms with Crippen molar-refractivity contribution >= 4 is 35.2 Å². The smallest absolute Gasteiger partial charge is 0.244 e. The molecule has 0 spiro atoms. The lowest BCUT2D eigenvalue weighted by Gasteiger charge is -1.98. The van der Waals surface area contributed by atoms with Gasteiger partial charge in [0.1, 0.15) is 0 Å². The van der Waals surface area contributed by atoms with Crippen LogP contribution in [-0.4, -0.2) is 12.5 Å². The van der Waals surface area contributed by atoms with Gasteiger partial charge < -0.3 is 5.32 Å². The van der Waals surface area contributed by atoms with Gasteiger partial charge in [0.25, 0.3) is 0 Å². The first-order valence-corrected chi connectivity index (χ1v) is 7.35. The highest BCUT2D eigenvalue weighted by atomic mass is 35.5. The van der Waals surface area contributed by atoms with E-state index in [4.69, 9.17) is 23.2 Å². The second-order valence-corrected chi connectivity index (χ2v) is 5.29. The third-order valence-electron chi connectivity index (χ3n) is 2.67. The number of hydrogen-bond donors (Lipinski definition) is 1. The van der Waals surface area contributed by atoms with Crippen molar-refractivity contribution in [1.29, 1.82) is 0 Å². The lowest BCUT2D eigenvalue weighted by Crippen LogP contribution is -2.20. The van der Waals surface area contributed by atoms with E-state index in [1.807, 2.05) is 30.3 Å². The molecular formula is C18H13Cl2NO. The first-order chi connectivity index (χ1) is 10.6. The number of halogens is 2. The van der Waals surface area contributed by atoms with E-state index >= 15 is 0 Å². The SMILES string of the molecule is O=C(/C=C/c1cc(Cl)cc(Cl)c1)NCC#Cc1ccccc1. The lowest BCUT2D eigenvalue weighted by atomic mass is 10.2. The molecule has 0 unspecified atom stereocenters. The van der Waals surface area contributed by atoms with Crippen LogP contribution in [0.3, 0.4) is 0 Å². The standard InChI is InChI=1S/C18H13Cl2NO/c19-16-11-15(12-17(20)13-16)8-9-18(22)21-10-4-7-14-5-2-1-3-6-14/h1-3,5-6,8-9,11-13H,10H2,(H,21,22)/b9-8+. The summed E-state index contributed by atoms with van der Waals surface area (Å²) in [7, 11) is 0. The largest absolute Gasteiger partial charge is 0.342 e. The maximum absolute atomic E-state index is 11.7. The van der Waals surface area contributed by atoms with E-state index in [1.165, 1.54) is 6.08 Å². The fraction of sp³-hybridized carbons (Fsp3) is 0.0556. The summed E-state index contributed by atoms with van der Waals surface area (Å²) in [6.07, 6.45) is 3.07. The zero-order chi connectivity index (χ0) is 15.8. The molecule has 2 aromatic rings. The Bertz CT molecular complexity index is 722. The number of carbonyl (C=O) groups excluding carboxylic acids is 1. The van der Waals surface area contributed by atoms with Gasteiger partial charge in [-0.3, -0.25) is 4.79 Å². The van der Waals surface area contributed by atoms with Crippen molar-refractivity contribution in [3.05, 3.63) is 75.8 Å². The van der Waals surface area contributed by atoms with Crippen LogP contribution in [0.25, 0.3) is 6.08 Å². The van der Waals surface area contributed by atoms with E-state index < -0.39 is 0 Å². The van der Waals surface area contributed by atoms with Crippen LogP contribution in [0.15, 0.2) is 54.6 Å². The molecule has 2 aromatic carbocycles. The molecule has 0 bridgehead atoms. The van der Waals surface area contributed by atoms with Crippen LogP contribution < -0.4 is 5.32 Å². The minimum atomic E-state index is -0.224. The van der Waals surface area contributed by atoms with Crippen molar-refractivity contribution in [3.63, 3.8) is 0 Å². The highest BCUT2D eigenvalue weighted by molar-refractivity contribution is 6.34. The van der Waals surface area contributed by atoms with Crippen molar-refractivity contribution in [3.8, 4) is 11.8 Å². The molecule has 0 fully saturated rings. The van der Waals surface area contributed by atoms with Crippen molar-refractivity contribution in [2.24, 2.45) is 0 Å². The molecule has 1 amide bonds. The highest BCUT2D eigenvalue weighted by Gasteiger charge is 1.96. The van der Waals surface area contributed by atoms with E-state index in [9.17, 15) is 4.79 Å². The fourth-order valence-corrected chi connectivity index (χ4v) is 2.24. The molecular weight excluding hydrogens is 317 g/mol. The number of benzene rings is 2. The molecule has 0 aliphatic rings. The van der Waals surface area contributed by atoms with Crippen molar-refractivity contribution < 1.29 is 4.79 Å². The molecule has 0 saturated carbocycles. The molecule has 1 N–H and O–H groups in total. The Kier molecular flexibility index (Phi) is 6.09. The molecule has 2 rings (SSSR count). The Morgan fingerprint density at radius 3 is 2.45 bits per heavy atom. The second-order valence-electron chi connectivity index (χ2n) is 4.42. The van der Waals surface area contributed by atoms with Gasteiger partial charge in [0, 0.05) is 21.7 Å². The summed E-state index contributed by atoms with van der Waals surface area (Å²) in [5.41, 5.74) is 1.68. The van der Waals surface area contributed by atoms with Crippen molar-refractivity contribution in [2.75, 3.05) is 6.54 Å². The summed E-state index contributed by atoms with van der Waals surface area (Å²) in [5.74, 6) is 5.63. The molecule has 0 atom stereocenters. The predicted octanol–water partition coefficient (Wildman–Crippen LogP) is 4.17. The fourth-order valence-electron chi connectivity index (χ4n) is 1.70. The number of amides is 1. The van der Waals surface area contributed by atoms with Crippen LogP contribution in [0, 0.1) is 11.8 Å². The van der Waals surface area contributed by atoms with Crippen LogP contribution in [0.5, 0.6) is 0 Å². The molecule has 0 aliphatic heterocycles. The summed E-state index contributed by atoms with van der Waals surface area (Å²) >= 11 is 11.8. The number of hydrogen-bond acceptors (Lipinski definition) is 1. The van der Waals surface area contributed by atoms with Gasteiger partial charge in [-0.05, 0) is 42.0 Å². The minimum Gasteiger partial charge on any atom is -0.342 e. The zero-order valence-electron chi connectivity index (χ0n) is 11.6. The zero-order valence-corrected chi connectivity index (χ0v) is 13.2. The molecule has 0 aromatic heterocycles. The number of carbonyl (C=O) groups is 1. The van der Waals surface area contributed by atoms with Gasteiger partial charge >= 0.3 is 0 Å². The number of rotatable bonds is 3. The molecule has 0 heterocycles. The summed E-state index contributed by atoms with van der Waals surface area (Å²) in [6.45, 7) is 0.286. The molecule has 0 radical (unpaired) electrons. The van der Waals surface area contributed by atoms with Crippen molar-refractivity contribution in [2.45, 2.75) is 0 Å². The van der Waals surface area contributed by atoms with E-state index in [0.29, 0.717) is 10.0 Å². The summed E-state index contributed by atoms with van der Waals surface area (Å²) in [5, 5.41) is 3.74. The second kappa shape index (κ2) is 8.29. The van der Waals surface area contributed by atoms with E-state index in [1.54, 1.807) is 24.3 Å². The lowest BCUT2D eigenvalue weighted by molar-refractivity contribution is -0.116. The van der Waals surface area contributed by atoms with Crippen LogP contribution in [0.4, 0.5) is 0 Å². The summed E-state index contributed by atoms with van der Waals surface area (Å²) in [6, 6.07) is 14.7. The molecule has 110 valence electrons. The summed E-state index contributed by atoms with van der Waals surface area (Å²) < 4.78 is 0. The van der Waals surface area contributed by atoms with Gasteiger partial charge in [0.05, 0.1) is 6.54 Å². The minimum absolute atomic E-state index is 0.224. The first kappa shape index (κ1) is 16.2. The van der Waals surface area contributed by atoms with Gasteiger partial charge in [-0.15, -0.1) is 0 Å². The van der Waals surface area contributed by atoms with Crippen LogP contribution in [0.2, 0.25) is 10.0 Å². The molecule has 22 heavy (non-hydrogen) atoms. The Labute approximate surface area is 139 Å².